The van der Waals surface area contributed by atoms with Gasteiger partial charge in [-0.25, -0.2) is 0 Å². The molecule has 1 saturated heterocycles. The van der Waals surface area contributed by atoms with Crippen molar-refractivity contribution in [2.24, 2.45) is 0 Å². The van der Waals surface area contributed by atoms with Crippen LogP contribution in [0.3, 0.4) is 0 Å². The summed E-state index contributed by atoms with van der Waals surface area (Å²) in [6, 6.07) is 10.0. The van der Waals surface area contributed by atoms with Crippen molar-refractivity contribution in [1.82, 2.24) is 10.2 Å². The summed E-state index contributed by atoms with van der Waals surface area (Å²) in [5, 5.41) is 3.58. The minimum Gasteiger partial charge on any atom is -0.381 e. The molecule has 0 amide bonds. The number of fused-ring (bicyclic) bond motifs is 1. The predicted octanol–water partition coefficient (Wildman–Crippen LogP) is 2.93. The van der Waals surface area contributed by atoms with Gasteiger partial charge in [-0.15, -0.1) is 0 Å². The van der Waals surface area contributed by atoms with Gasteiger partial charge in [0.15, 0.2) is 0 Å². The highest BCUT2D eigenvalue weighted by Gasteiger charge is 2.36. The van der Waals surface area contributed by atoms with Crippen LogP contribution < -0.4 is 5.32 Å². The zero-order valence-electron chi connectivity index (χ0n) is 13.5. The summed E-state index contributed by atoms with van der Waals surface area (Å²) in [7, 11) is 3.95. The first-order valence-electron chi connectivity index (χ1n) is 8.27. The van der Waals surface area contributed by atoms with Crippen LogP contribution in [0.2, 0.25) is 0 Å². The molecule has 0 bridgehead atoms. The summed E-state index contributed by atoms with van der Waals surface area (Å²) in [6.45, 7) is 4.70. The Balaban J connectivity index is 1.80. The molecule has 1 heterocycles. The Morgan fingerprint density at radius 1 is 1.14 bits per heavy atom. The summed E-state index contributed by atoms with van der Waals surface area (Å²) < 4.78 is 5.52. The van der Waals surface area contributed by atoms with Crippen molar-refractivity contribution >= 4 is 0 Å². The number of rotatable bonds is 3. The molecule has 1 fully saturated rings. The molecule has 1 N–H and O–H groups in total. The average Bonchev–Trinajstić information content (AvgIpc) is 2.55. The van der Waals surface area contributed by atoms with E-state index in [4.69, 9.17) is 4.74 Å². The van der Waals surface area contributed by atoms with Crippen molar-refractivity contribution < 1.29 is 4.74 Å². The number of nitrogens with one attached hydrogen (secondary N) is 1. The van der Waals surface area contributed by atoms with E-state index >= 15 is 0 Å². The Morgan fingerprint density at radius 3 is 2.43 bits per heavy atom. The predicted molar refractivity (Wildman–Crippen MR) is 86.7 cm³/mol. The van der Waals surface area contributed by atoms with E-state index in [1.165, 1.54) is 30.4 Å². The fraction of sp³-hybridized carbons (Fsp3) is 0.667. The van der Waals surface area contributed by atoms with Gasteiger partial charge in [-0.2, -0.15) is 0 Å². The monoisotopic (exact) mass is 288 g/mol. The Hall–Kier alpha value is -0.900. The fourth-order valence-corrected chi connectivity index (χ4v) is 4.23. The van der Waals surface area contributed by atoms with E-state index in [-0.39, 0.29) is 0 Å². The van der Waals surface area contributed by atoms with Gasteiger partial charge in [0.2, 0.25) is 0 Å². The molecule has 2 aliphatic rings. The Morgan fingerprint density at radius 2 is 1.81 bits per heavy atom. The minimum absolute atomic E-state index is 0.455. The lowest BCUT2D eigenvalue weighted by Crippen LogP contribution is -2.50. The van der Waals surface area contributed by atoms with Gasteiger partial charge in [0, 0.05) is 32.3 Å². The first-order valence-corrected chi connectivity index (χ1v) is 8.27. The Labute approximate surface area is 128 Å². The van der Waals surface area contributed by atoms with Crippen molar-refractivity contribution in [1.29, 1.82) is 0 Å². The van der Waals surface area contributed by atoms with Crippen LogP contribution >= 0.6 is 0 Å². The molecule has 3 atom stereocenters. The fourth-order valence-electron chi connectivity index (χ4n) is 4.23. The van der Waals surface area contributed by atoms with Gasteiger partial charge < -0.3 is 10.1 Å². The summed E-state index contributed by atoms with van der Waals surface area (Å²) in [6.07, 6.45) is 4.04. The molecule has 3 nitrogen and oxygen atoms in total. The third-order valence-corrected chi connectivity index (χ3v) is 5.43. The van der Waals surface area contributed by atoms with Crippen LogP contribution in [-0.2, 0) is 4.74 Å². The number of likely N-dealkylation sites (N-methyl/N-ethyl adjacent to an activating group) is 1. The van der Waals surface area contributed by atoms with Crippen LogP contribution in [0.1, 0.15) is 49.3 Å². The second-order valence-corrected chi connectivity index (χ2v) is 6.57. The smallest absolute Gasteiger partial charge is 0.0595 e. The second-order valence-electron chi connectivity index (χ2n) is 6.57. The number of hydrogen-bond acceptors (Lipinski definition) is 3. The largest absolute Gasteiger partial charge is 0.381 e. The van der Waals surface area contributed by atoms with Gasteiger partial charge in [-0.3, -0.25) is 4.90 Å². The van der Waals surface area contributed by atoms with Gasteiger partial charge in [0.05, 0.1) is 6.10 Å². The van der Waals surface area contributed by atoms with Gasteiger partial charge in [-0.1, -0.05) is 31.2 Å². The number of likely N-dealkylation sites (tertiary alicyclic amines) is 1. The number of hydrogen-bond donors (Lipinski definition) is 1. The Kier molecular flexibility index (Phi) is 4.63. The lowest BCUT2D eigenvalue weighted by Gasteiger charge is -2.45. The number of piperidine rings is 1. The van der Waals surface area contributed by atoms with E-state index in [0.29, 0.717) is 24.1 Å². The second kappa shape index (κ2) is 6.47. The molecule has 0 saturated carbocycles. The summed E-state index contributed by atoms with van der Waals surface area (Å²) in [5.41, 5.74) is 3.03. The van der Waals surface area contributed by atoms with Crippen molar-refractivity contribution in [3.8, 4) is 0 Å². The van der Waals surface area contributed by atoms with Gasteiger partial charge in [-0.05, 0) is 43.4 Å². The number of nitrogens with zero attached hydrogens (tertiary/aromatic N) is 1. The van der Waals surface area contributed by atoms with Crippen LogP contribution in [0, 0.1) is 0 Å². The average molecular weight is 288 g/mol. The minimum atomic E-state index is 0.455. The highest BCUT2D eigenvalue weighted by atomic mass is 16.5. The molecule has 1 aromatic carbocycles. The lowest BCUT2D eigenvalue weighted by atomic mass is 9.77. The molecule has 3 unspecified atom stereocenters. The van der Waals surface area contributed by atoms with E-state index in [1.807, 2.05) is 7.11 Å². The summed E-state index contributed by atoms with van der Waals surface area (Å²) >= 11 is 0. The zero-order valence-corrected chi connectivity index (χ0v) is 13.5. The van der Waals surface area contributed by atoms with Crippen LogP contribution in [-0.4, -0.2) is 44.3 Å². The molecule has 1 aliphatic carbocycles. The lowest BCUT2D eigenvalue weighted by molar-refractivity contribution is 0.0163. The highest BCUT2D eigenvalue weighted by molar-refractivity contribution is 5.36. The van der Waals surface area contributed by atoms with Crippen molar-refractivity contribution in [2.75, 3.05) is 27.2 Å². The van der Waals surface area contributed by atoms with E-state index in [9.17, 15) is 0 Å². The summed E-state index contributed by atoms with van der Waals surface area (Å²) in [5.74, 6) is 0.649. The molecule has 0 radical (unpaired) electrons. The maximum atomic E-state index is 5.52. The Bertz CT molecular complexity index is 468. The molecule has 1 aliphatic heterocycles. The molecular weight excluding hydrogens is 260 g/mol. The molecule has 21 heavy (non-hydrogen) atoms. The number of methoxy groups -OCH3 is 1. The molecule has 116 valence electrons. The third kappa shape index (κ3) is 2.87. The maximum absolute atomic E-state index is 5.52. The van der Waals surface area contributed by atoms with Gasteiger partial charge >= 0.3 is 0 Å². The molecular formula is C18H28N2O. The third-order valence-electron chi connectivity index (χ3n) is 5.43. The standard InChI is InChI=1S/C18H28N2O/c1-13-12-17(20-10-8-14(21-3)9-11-20)18(19-2)16-7-5-4-6-15(13)16/h4-7,13-14,17-19H,8-12H2,1-3H3. The molecule has 3 heteroatoms. The molecule has 0 spiro atoms. The van der Waals surface area contributed by atoms with E-state index in [0.717, 1.165) is 13.1 Å². The normalized spacial score (nSPS) is 31.1. The molecule has 0 aromatic heterocycles. The van der Waals surface area contributed by atoms with E-state index < -0.39 is 0 Å². The topological polar surface area (TPSA) is 24.5 Å². The highest BCUT2D eigenvalue weighted by Crippen LogP contribution is 2.40. The molecule has 1 aromatic rings. The van der Waals surface area contributed by atoms with Gasteiger partial charge in [0.1, 0.15) is 0 Å². The van der Waals surface area contributed by atoms with Gasteiger partial charge in [0.25, 0.3) is 0 Å². The first kappa shape index (κ1) is 15.0. The maximum Gasteiger partial charge on any atom is 0.0595 e. The van der Waals surface area contributed by atoms with E-state index in [1.54, 1.807) is 0 Å². The van der Waals surface area contributed by atoms with Crippen LogP contribution in [0.25, 0.3) is 0 Å². The van der Waals surface area contributed by atoms with Crippen LogP contribution in [0.5, 0.6) is 0 Å². The van der Waals surface area contributed by atoms with Crippen molar-refractivity contribution in [3.05, 3.63) is 35.4 Å². The van der Waals surface area contributed by atoms with Crippen molar-refractivity contribution in [2.45, 2.75) is 50.3 Å². The van der Waals surface area contributed by atoms with Crippen LogP contribution in [0.15, 0.2) is 24.3 Å². The first-order chi connectivity index (χ1) is 10.2. The number of benzene rings is 1. The van der Waals surface area contributed by atoms with Crippen molar-refractivity contribution in [3.63, 3.8) is 0 Å². The SMILES string of the molecule is CNC1c2ccccc2C(C)CC1N1CCC(OC)CC1. The molecule has 3 rings (SSSR count). The van der Waals surface area contributed by atoms with Crippen LogP contribution in [0.4, 0.5) is 0 Å². The number of ether oxygens (including phenoxy) is 1. The van der Waals surface area contributed by atoms with E-state index in [2.05, 4.69) is 48.5 Å². The summed E-state index contributed by atoms with van der Waals surface area (Å²) in [4.78, 5) is 2.68. The zero-order chi connectivity index (χ0) is 14.8. The quantitative estimate of drug-likeness (QED) is 0.925.